The number of likely N-dealkylation sites (tertiary alicyclic amines) is 1. The zero-order valence-electron chi connectivity index (χ0n) is 15.9. The normalized spacial score (nSPS) is 13.7. The minimum atomic E-state index is -0.372. The molecule has 0 N–H and O–H groups in total. The topological polar surface area (TPSA) is 55.8 Å². The van der Waals surface area contributed by atoms with Gasteiger partial charge in [-0.05, 0) is 55.2 Å². The van der Waals surface area contributed by atoms with Gasteiger partial charge in [-0.25, -0.2) is 4.79 Å². The number of hydrogen-bond acceptors (Lipinski definition) is 4. The molecule has 5 nitrogen and oxygen atoms in total. The van der Waals surface area contributed by atoms with Crippen LogP contribution in [0.5, 0.6) is 5.75 Å². The van der Waals surface area contributed by atoms with Crippen LogP contribution in [0.1, 0.15) is 39.9 Å². The Morgan fingerprint density at radius 2 is 1.85 bits per heavy atom. The molecular weight excluding hydrogens is 342 g/mol. The van der Waals surface area contributed by atoms with Gasteiger partial charge in [0.05, 0.1) is 5.56 Å². The van der Waals surface area contributed by atoms with Gasteiger partial charge in [0, 0.05) is 19.5 Å². The number of rotatable bonds is 7. The largest absolute Gasteiger partial charge is 0.490 e. The average molecular weight is 367 g/mol. The second-order valence-electron chi connectivity index (χ2n) is 6.87. The van der Waals surface area contributed by atoms with Crippen molar-refractivity contribution in [3.8, 4) is 5.75 Å². The minimum Gasteiger partial charge on any atom is -0.490 e. The number of ether oxygens (including phenoxy) is 2. The maximum atomic E-state index is 12.1. The number of amides is 1. The summed E-state index contributed by atoms with van der Waals surface area (Å²) in [4.78, 5) is 25.7. The van der Waals surface area contributed by atoms with Crippen LogP contribution in [-0.4, -0.2) is 36.5 Å². The van der Waals surface area contributed by atoms with Crippen molar-refractivity contribution < 1.29 is 19.1 Å². The van der Waals surface area contributed by atoms with E-state index in [-0.39, 0.29) is 18.5 Å². The molecule has 0 aliphatic carbocycles. The fraction of sp³-hybridized carbons (Fsp3) is 0.364. The molecule has 1 fully saturated rings. The zero-order chi connectivity index (χ0) is 19.2. The Kier molecular flexibility index (Phi) is 6.12. The zero-order valence-corrected chi connectivity index (χ0v) is 15.9. The number of hydrogen-bond donors (Lipinski definition) is 0. The third-order valence-electron chi connectivity index (χ3n) is 4.65. The van der Waals surface area contributed by atoms with Gasteiger partial charge in [0.1, 0.15) is 19.0 Å². The number of esters is 1. The molecular formula is C22H25NO4. The SMILES string of the molecule is Cc1ccc(C)c(OCCOC(=O)c2ccc(CN3CCCC3=O)cc2)c1. The molecule has 0 unspecified atom stereocenters. The van der Waals surface area contributed by atoms with E-state index in [1.807, 2.05) is 49.1 Å². The van der Waals surface area contributed by atoms with E-state index < -0.39 is 0 Å². The van der Waals surface area contributed by atoms with Gasteiger partial charge in [0.25, 0.3) is 0 Å². The first-order valence-corrected chi connectivity index (χ1v) is 9.27. The molecule has 1 saturated heterocycles. The standard InChI is InChI=1S/C22H25NO4/c1-16-5-6-17(2)20(14-16)26-12-13-27-22(25)19-9-7-18(8-10-19)15-23-11-3-4-21(23)24/h5-10,14H,3-4,11-13,15H2,1-2H3. The molecule has 5 heteroatoms. The monoisotopic (exact) mass is 367 g/mol. The molecule has 1 heterocycles. The van der Waals surface area contributed by atoms with E-state index in [0.29, 0.717) is 25.1 Å². The quantitative estimate of drug-likeness (QED) is 0.554. The first-order valence-electron chi connectivity index (χ1n) is 9.27. The number of aryl methyl sites for hydroxylation is 2. The molecule has 0 spiro atoms. The number of carbonyl (C=O) groups is 2. The summed E-state index contributed by atoms with van der Waals surface area (Å²) in [6.45, 7) is 5.90. The highest BCUT2D eigenvalue weighted by molar-refractivity contribution is 5.89. The van der Waals surface area contributed by atoms with Gasteiger partial charge in [0.15, 0.2) is 0 Å². The van der Waals surface area contributed by atoms with Gasteiger partial charge in [0.2, 0.25) is 5.91 Å². The summed E-state index contributed by atoms with van der Waals surface area (Å²) in [6.07, 6.45) is 1.56. The van der Waals surface area contributed by atoms with E-state index in [2.05, 4.69) is 0 Å². The van der Waals surface area contributed by atoms with E-state index >= 15 is 0 Å². The first kappa shape index (κ1) is 19.0. The van der Waals surface area contributed by atoms with Crippen LogP contribution in [0.25, 0.3) is 0 Å². The lowest BCUT2D eigenvalue weighted by Crippen LogP contribution is -2.23. The van der Waals surface area contributed by atoms with Gasteiger partial charge >= 0.3 is 5.97 Å². The molecule has 3 rings (SSSR count). The van der Waals surface area contributed by atoms with Crippen LogP contribution >= 0.6 is 0 Å². The van der Waals surface area contributed by atoms with Crippen LogP contribution in [0.15, 0.2) is 42.5 Å². The van der Waals surface area contributed by atoms with E-state index in [1.54, 1.807) is 12.1 Å². The molecule has 1 amide bonds. The minimum absolute atomic E-state index is 0.191. The molecule has 27 heavy (non-hydrogen) atoms. The van der Waals surface area contributed by atoms with Gasteiger partial charge in [-0.3, -0.25) is 4.79 Å². The molecule has 2 aromatic carbocycles. The van der Waals surface area contributed by atoms with Crippen molar-refractivity contribution in [3.63, 3.8) is 0 Å². The van der Waals surface area contributed by atoms with Crippen molar-refractivity contribution in [2.45, 2.75) is 33.2 Å². The van der Waals surface area contributed by atoms with Crippen molar-refractivity contribution in [2.24, 2.45) is 0 Å². The number of benzene rings is 2. The molecule has 2 aromatic rings. The van der Waals surface area contributed by atoms with Crippen molar-refractivity contribution in [1.82, 2.24) is 4.90 Å². The summed E-state index contributed by atoms with van der Waals surface area (Å²) < 4.78 is 11.0. The van der Waals surface area contributed by atoms with Crippen molar-refractivity contribution in [2.75, 3.05) is 19.8 Å². The van der Waals surface area contributed by atoms with Gasteiger partial charge in [-0.1, -0.05) is 24.3 Å². The van der Waals surface area contributed by atoms with Crippen LogP contribution in [0.4, 0.5) is 0 Å². The highest BCUT2D eigenvalue weighted by atomic mass is 16.6. The first-order chi connectivity index (χ1) is 13.0. The van der Waals surface area contributed by atoms with Crippen LogP contribution in [0.3, 0.4) is 0 Å². The lowest BCUT2D eigenvalue weighted by molar-refractivity contribution is -0.128. The molecule has 1 aliphatic rings. The highest BCUT2D eigenvalue weighted by Gasteiger charge is 2.20. The Bertz CT molecular complexity index is 814. The number of carbonyl (C=O) groups excluding carboxylic acids is 2. The summed E-state index contributed by atoms with van der Waals surface area (Å²) in [6, 6.07) is 13.2. The summed E-state index contributed by atoms with van der Waals surface area (Å²) in [5, 5.41) is 0. The smallest absolute Gasteiger partial charge is 0.338 e. The Morgan fingerprint density at radius 1 is 1.07 bits per heavy atom. The lowest BCUT2D eigenvalue weighted by atomic mass is 10.1. The van der Waals surface area contributed by atoms with E-state index in [4.69, 9.17) is 9.47 Å². The predicted molar refractivity (Wildman–Crippen MR) is 103 cm³/mol. The summed E-state index contributed by atoms with van der Waals surface area (Å²) in [7, 11) is 0. The fourth-order valence-corrected chi connectivity index (χ4v) is 3.07. The molecule has 0 saturated carbocycles. The van der Waals surface area contributed by atoms with E-state index in [1.165, 1.54) is 0 Å². The third-order valence-corrected chi connectivity index (χ3v) is 4.65. The second-order valence-corrected chi connectivity index (χ2v) is 6.87. The lowest BCUT2D eigenvalue weighted by Gasteiger charge is -2.15. The van der Waals surface area contributed by atoms with Gasteiger partial charge in [-0.15, -0.1) is 0 Å². The van der Waals surface area contributed by atoms with Crippen LogP contribution in [-0.2, 0) is 16.1 Å². The molecule has 0 aromatic heterocycles. The number of nitrogens with zero attached hydrogens (tertiary/aromatic N) is 1. The molecule has 0 atom stereocenters. The maximum Gasteiger partial charge on any atom is 0.338 e. The van der Waals surface area contributed by atoms with E-state index in [0.717, 1.165) is 35.4 Å². The third kappa shape index (κ3) is 5.09. The molecule has 0 radical (unpaired) electrons. The Morgan fingerprint density at radius 3 is 2.56 bits per heavy atom. The second kappa shape index (κ2) is 8.71. The van der Waals surface area contributed by atoms with Crippen molar-refractivity contribution >= 4 is 11.9 Å². The Balaban J connectivity index is 1.45. The Hall–Kier alpha value is -2.82. The summed E-state index contributed by atoms with van der Waals surface area (Å²) >= 11 is 0. The molecule has 142 valence electrons. The molecule has 0 bridgehead atoms. The average Bonchev–Trinajstić information content (AvgIpc) is 3.06. The van der Waals surface area contributed by atoms with Crippen molar-refractivity contribution in [3.05, 3.63) is 64.7 Å². The van der Waals surface area contributed by atoms with Crippen LogP contribution < -0.4 is 4.74 Å². The summed E-state index contributed by atoms with van der Waals surface area (Å²) in [5.41, 5.74) is 3.70. The Labute approximate surface area is 159 Å². The van der Waals surface area contributed by atoms with E-state index in [9.17, 15) is 9.59 Å². The molecule has 1 aliphatic heterocycles. The van der Waals surface area contributed by atoms with Crippen LogP contribution in [0.2, 0.25) is 0 Å². The summed E-state index contributed by atoms with van der Waals surface area (Å²) in [5.74, 6) is 0.637. The van der Waals surface area contributed by atoms with Gasteiger partial charge in [-0.2, -0.15) is 0 Å². The van der Waals surface area contributed by atoms with Crippen LogP contribution in [0, 0.1) is 13.8 Å². The predicted octanol–water partition coefficient (Wildman–Crippen LogP) is 3.66. The highest BCUT2D eigenvalue weighted by Crippen LogP contribution is 2.19. The maximum absolute atomic E-state index is 12.1. The van der Waals surface area contributed by atoms with Gasteiger partial charge < -0.3 is 14.4 Å². The van der Waals surface area contributed by atoms with Crippen molar-refractivity contribution in [1.29, 1.82) is 0 Å². The fourth-order valence-electron chi connectivity index (χ4n) is 3.07.